The van der Waals surface area contributed by atoms with E-state index in [-0.39, 0.29) is 0 Å². The van der Waals surface area contributed by atoms with Gasteiger partial charge in [0.2, 0.25) is 0 Å². The molecule has 1 unspecified atom stereocenters. The van der Waals surface area contributed by atoms with Crippen molar-refractivity contribution in [2.45, 2.75) is 26.2 Å². The van der Waals surface area contributed by atoms with Crippen LogP contribution >= 0.6 is 11.3 Å². The minimum Gasteiger partial charge on any atom is -0.481 e. The quantitative estimate of drug-likeness (QED) is 0.919. The first-order valence-corrected chi connectivity index (χ1v) is 6.60. The molecule has 0 saturated heterocycles. The van der Waals surface area contributed by atoms with Crippen LogP contribution in [-0.2, 0) is 11.2 Å². The van der Waals surface area contributed by atoms with Crippen LogP contribution in [0.4, 0.5) is 0 Å². The second-order valence-corrected chi connectivity index (χ2v) is 5.54. The summed E-state index contributed by atoms with van der Waals surface area (Å²) < 4.78 is 0. The van der Waals surface area contributed by atoms with Crippen molar-refractivity contribution < 1.29 is 9.90 Å². The van der Waals surface area contributed by atoms with E-state index in [0.29, 0.717) is 6.42 Å². The van der Waals surface area contributed by atoms with E-state index in [2.05, 4.69) is 4.98 Å². The summed E-state index contributed by atoms with van der Waals surface area (Å²) in [6, 6.07) is 9.32. The SMILES string of the molecule is Cc1nc(CC(C(=O)O)c2ccccc2)sc1C. The fourth-order valence-electron chi connectivity index (χ4n) is 1.83. The van der Waals surface area contributed by atoms with Gasteiger partial charge < -0.3 is 5.11 Å². The van der Waals surface area contributed by atoms with Gasteiger partial charge in [-0.3, -0.25) is 4.79 Å². The monoisotopic (exact) mass is 261 g/mol. The molecule has 2 rings (SSSR count). The molecule has 0 aliphatic carbocycles. The van der Waals surface area contributed by atoms with Crippen LogP contribution in [0.15, 0.2) is 30.3 Å². The van der Waals surface area contributed by atoms with Crippen molar-refractivity contribution in [1.29, 1.82) is 0 Å². The minimum atomic E-state index is -0.799. The van der Waals surface area contributed by atoms with Gasteiger partial charge in [0.1, 0.15) is 0 Å². The number of aliphatic carboxylic acids is 1. The van der Waals surface area contributed by atoms with Gasteiger partial charge >= 0.3 is 5.97 Å². The number of thiazole rings is 1. The third-order valence-corrected chi connectivity index (χ3v) is 4.05. The third-order valence-electron chi connectivity index (χ3n) is 2.95. The topological polar surface area (TPSA) is 50.2 Å². The molecule has 1 aromatic carbocycles. The highest BCUT2D eigenvalue weighted by Gasteiger charge is 2.21. The van der Waals surface area contributed by atoms with Crippen LogP contribution in [-0.4, -0.2) is 16.1 Å². The Balaban J connectivity index is 2.25. The zero-order chi connectivity index (χ0) is 13.1. The van der Waals surface area contributed by atoms with Crippen molar-refractivity contribution in [3.63, 3.8) is 0 Å². The van der Waals surface area contributed by atoms with Gasteiger partial charge in [-0.25, -0.2) is 4.98 Å². The first kappa shape index (κ1) is 12.8. The van der Waals surface area contributed by atoms with Crippen molar-refractivity contribution in [2.75, 3.05) is 0 Å². The fourth-order valence-corrected chi connectivity index (χ4v) is 2.81. The molecule has 3 nitrogen and oxygen atoms in total. The summed E-state index contributed by atoms with van der Waals surface area (Å²) in [6.45, 7) is 3.96. The van der Waals surface area contributed by atoms with Gasteiger partial charge in [0.05, 0.1) is 16.6 Å². The number of hydrogen-bond acceptors (Lipinski definition) is 3. The fraction of sp³-hybridized carbons (Fsp3) is 0.286. The van der Waals surface area contributed by atoms with E-state index in [0.717, 1.165) is 21.1 Å². The highest BCUT2D eigenvalue weighted by Crippen LogP contribution is 2.25. The molecule has 0 aliphatic rings. The molecular formula is C14H15NO2S. The van der Waals surface area contributed by atoms with E-state index in [4.69, 9.17) is 0 Å². The van der Waals surface area contributed by atoms with Crippen molar-refractivity contribution in [3.05, 3.63) is 51.5 Å². The molecule has 1 N–H and O–H groups in total. The summed E-state index contributed by atoms with van der Waals surface area (Å²) in [4.78, 5) is 16.9. The smallest absolute Gasteiger partial charge is 0.311 e. The molecule has 0 bridgehead atoms. The Bertz CT molecular complexity index is 529. The molecule has 0 radical (unpaired) electrons. The molecule has 0 saturated carbocycles. The summed E-state index contributed by atoms with van der Waals surface area (Å²) in [6.07, 6.45) is 0.457. The van der Waals surface area contributed by atoms with E-state index in [9.17, 15) is 9.90 Å². The number of carboxylic acids is 1. The van der Waals surface area contributed by atoms with Crippen LogP contribution in [0.2, 0.25) is 0 Å². The molecular weight excluding hydrogens is 246 g/mol. The lowest BCUT2D eigenvalue weighted by molar-refractivity contribution is -0.138. The van der Waals surface area contributed by atoms with Gasteiger partial charge in [-0.1, -0.05) is 30.3 Å². The van der Waals surface area contributed by atoms with Crippen LogP contribution < -0.4 is 0 Å². The lowest BCUT2D eigenvalue weighted by atomic mass is 9.96. The predicted octanol–water partition coefficient (Wildman–Crippen LogP) is 3.17. The molecule has 1 aromatic heterocycles. The molecule has 2 aromatic rings. The van der Waals surface area contributed by atoms with Crippen LogP contribution in [0, 0.1) is 13.8 Å². The van der Waals surface area contributed by atoms with E-state index >= 15 is 0 Å². The Labute approximate surface area is 110 Å². The van der Waals surface area contributed by atoms with Gasteiger partial charge in [-0.15, -0.1) is 11.3 Å². The van der Waals surface area contributed by atoms with Gasteiger partial charge in [-0.05, 0) is 19.4 Å². The second kappa shape index (κ2) is 5.31. The second-order valence-electron chi connectivity index (χ2n) is 4.25. The average Bonchev–Trinajstić information content (AvgIpc) is 2.66. The van der Waals surface area contributed by atoms with Gasteiger partial charge in [0.15, 0.2) is 0 Å². The summed E-state index contributed by atoms with van der Waals surface area (Å²) in [5.41, 5.74) is 1.82. The molecule has 1 heterocycles. The highest BCUT2D eigenvalue weighted by atomic mass is 32.1. The van der Waals surface area contributed by atoms with E-state index in [1.807, 2.05) is 44.2 Å². The Morgan fingerprint density at radius 3 is 2.50 bits per heavy atom. The highest BCUT2D eigenvalue weighted by molar-refractivity contribution is 7.11. The van der Waals surface area contributed by atoms with Crippen molar-refractivity contribution in [1.82, 2.24) is 4.98 Å². The molecule has 0 amide bonds. The predicted molar refractivity (Wildman–Crippen MR) is 72.1 cm³/mol. The van der Waals surface area contributed by atoms with Crippen LogP contribution in [0.3, 0.4) is 0 Å². The number of aryl methyl sites for hydroxylation is 2. The average molecular weight is 261 g/mol. The zero-order valence-electron chi connectivity index (χ0n) is 10.4. The van der Waals surface area contributed by atoms with E-state index < -0.39 is 11.9 Å². The van der Waals surface area contributed by atoms with Gasteiger partial charge in [-0.2, -0.15) is 0 Å². The number of benzene rings is 1. The first-order chi connectivity index (χ1) is 8.58. The lowest BCUT2D eigenvalue weighted by Gasteiger charge is -2.10. The van der Waals surface area contributed by atoms with E-state index in [1.165, 1.54) is 0 Å². The number of nitrogens with zero attached hydrogens (tertiary/aromatic N) is 1. The zero-order valence-corrected chi connectivity index (χ0v) is 11.2. The maximum Gasteiger partial charge on any atom is 0.311 e. The number of hydrogen-bond donors (Lipinski definition) is 1. The maximum absolute atomic E-state index is 11.4. The number of carboxylic acid groups (broad SMARTS) is 1. The first-order valence-electron chi connectivity index (χ1n) is 5.78. The summed E-state index contributed by atoms with van der Waals surface area (Å²) in [7, 11) is 0. The summed E-state index contributed by atoms with van der Waals surface area (Å²) in [5, 5.41) is 10.2. The number of aromatic nitrogens is 1. The van der Waals surface area contributed by atoms with Crippen molar-refractivity contribution >= 4 is 17.3 Å². The Hall–Kier alpha value is -1.68. The number of rotatable bonds is 4. The molecule has 0 spiro atoms. The van der Waals surface area contributed by atoms with Crippen LogP contribution in [0.5, 0.6) is 0 Å². The Morgan fingerprint density at radius 2 is 2.00 bits per heavy atom. The van der Waals surface area contributed by atoms with Gasteiger partial charge in [0.25, 0.3) is 0 Å². The summed E-state index contributed by atoms with van der Waals surface area (Å²) in [5.74, 6) is -1.32. The largest absolute Gasteiger partial charge is 0.481 e. The molecule has 0 fully saturated rings. The maximum atomic E-state index is 11.4. The Kier molecular flexibility index (Phi) is 3.77. The van der Waals surface area contributed by atoms with Crippen molar-refractivity contribution in [3.8, 4) is 0 Å². The standard InChI is InChI=1S/C14H15NO2S/c1-9-10(2)18-13(15-9)8-12(14(16)17)11-6-4-3-5-7-11/h3-7,12H,8H2,1-2H3,(H,16,17). The third kappa shape index (κ3) is 2.76. The molecule has 0 aliphatic heterocycles. The normalized spacial score (nSPS) is 12.3. The molecule has 18 heavy (non-hydrogen) atoms. The van der Waals surface area contributed by atoms with Crippen LogP contribution in [0.25, 0.3) is 0 Å². The molecule has 4 heteroatoms. The Morgan fingerprint density at radius 1 is 1.33 bits per heavy atom. The molecule has 1 atom stereocenters. The number of carbonyl (C=O) groups is 1. The van der Waals surface area contributed by atoms with Crippen molar-refractivity contribution in [2.24, 2.45) is 0 Å². The summed E-state index contributed by atoms with van der Waals surface area (Å²) >= 11 is 1.58. The lowest BCUT2D eigenvalue weighted by Crippen LogP contribution is -2.14. The van der Waals surface area contributed by atoms with Gasteiger partial charge in [0, 0.05) is 11.3 Å². The minimum absolute atomic E-state index is 0.457. The van der Waals surface area contributed by atoms with Crippen LogP contribution in [0.1, 0.15) is 27.1 Å². The van der Waals surface area contributed by atoms with E-state index in [1.54, 1.807) is 11.3 Å². The molecule has 94 valence electrons.